The number of ether oxygens (including phenoxy) is 2. The van der Waals surface area contributed by atoms with Crippen LogP contribution in [0.3, 0.4) is 0 Å². The van der Waals surface area contributed by atoms with E-state index in [2.05, 4.69) is 22.0 Å². The Bertz CT molecular complexity index is 812. The molecule has 6 nitrogen and oxygen atoms in total. The molecule has 0 bridgehead atoms. The van der Waals surface area contributed by atoms with Crippen molar-refractivity contribution in [2.75, 3.05) is 53.0 Å². The summed E-state index contributed by atoms with van der Waals surface area (Å²) in [5.74, 6) is 1.02. The highest BCUT2D eigenvalue weighted by molar-refractivity contribution is 5.43. The van der Waals surface area contributed by atoms with Crippen molar-refractivity contribution in [1.29, 1.82) is 0 Å². The van der Waals surface area contributed by atoms with Crippen molar-refractivity contribution >= 4 is 0 Å². The number of halogens is 1. The topological polar surface area (TPSA) is 57.2 Å². The third-order valence-electron chi connectivity index (χ3n) is 5.59. The zero-order valence-electron chi connectivity index (χ0n) is 18.5. The number of nitrogens with zero attached hydrogens (tertiary/aromatic N) is 2. The SMILES string of the molecule is CCN1CCN(C[C@H](O)COc2ccc(CNCc3cccc(F)c3)cc2OC)CC1. The number of hydrogen-bond acceptors (Lipinski definition) is 6. The van der Waals surface area contributed by atoms with Gasteiger partial charge >= 0.3 is 0 Å². The van der Waals surface area contributed by atoms with E-state index in [0.29, 0.717) is 31.1 Å². The Morgan fingerprint density at radius 2 is 1.71 bits per heavy atom. The molecule has 1 aliphatic heterocycles. The molecule has 1 atom stereocenters. The summed E-state index contributed by atoms with van der Waals surface area (Å²) in [7, 11) is 1.61. The van der Waals surface area contributed by atoms with Crippen LogP contribution in [0.15, 0.2) is 42.5 Å². The minimum absolute atomic E-state index is 0.224. The number of aliphatic hydroxyl groups excluding tert-OH is 1. The molecule has 1 saturated heterocycles. The van der Waals surface area contributed by atoms with Gasteiger partial charge in [0.15, 0.2) is 11.5 Å². The summed E-state index contributed by atoms with van der Waals surface area (Å²) in [6.07, 6.45) is -0.550. The van der Waals surface area contributed by atoms with Crippen LogP contribution in [0, 0.1) is 5.82 Å². The molecular formula is C24H34FN3O3. The van der Waals surface area contributed by atoms with Crippen molar-refractivity contribution in [3.05, 3.63) is 59.4 Å². The monoisotopic (exact) mass is 431 g/mol. The molecule has 1 aliphatic rings. The van der Waals surface area contributed by atoms with Gasteiger partial charge in [0.05, 0.1) is 7.11 Å². The molecule has 1 fully saturated rings. The van der Waals surface area contributed by atoms with Gasteiger partial charge in [0.25, 0.3) is 0 Å². The number of benzene rings is 2. The Balaban J connectivity index is 1.44. The van der Waals surface area contributed by atoms with Gasteiger partial charge in [-0.05, 0) is 41.9 Å². The van der Waals surface area contributed by atoms with E-state index >= 15 is 0 Å². The normalized spacial score (nSPS) is 16.3. The fraction of sp³-hybridized carbons (Fsp3) is 0.500. The maximum atomic E-state index is 13.3. The second-order valence-corrected chi connectivity index (χ2v) is 7.92. The summed E-state index contributed by atoms with van der Waals surface area (Å²) in [6.45, 7) is 9.35. The van der Waals surface area contributed by atoms with Crippen LogP contribution in [0.5, 0.6) is 11.5 Å². The van der Waals surface area contributed by atoms with Crippen molar-refractivity contribution in [1.82, 2.24) is 15.1 Å². The molecule has 0 aliphatic carbocycles. The predicted molar refractivity (Wildman–Crippen MR) is 120 cm³/mol. The van der Waals surface area contributed by atoms with Crippen LogP contribution in [0.2, 0.25) is 0 Å². The number of likely N-dealkylation sites (N-methyl/N-ethyl adjacent to an activating group) is 1. The van der Waals surface area contributed by atoms with E-state index in [1.807, 2.05) is 24.3 Å². The molecule has 0 saturated carbocycles. The smallest absolute Gasteiger partial charge is 0.161 e. The Labute approximate surface area is 184 Å². The molecule has 31 heavy (non-hydrogen) atoms. The highest BCUT2D eigenvalue weighted by Gasteiger charge is 2.19. The molecule has 0 radical (unpaired) electrons. The molecule has 2 aromatic rings. The second kappa shape index (κ2) is 12.0. The first-order valence-electron chi connectivity index (χ1n) is 10.9. The molecule has 0 unspecified atom stereocenters. The number of aliphatic hydroxyl groups is 1. The minimum Gasteiger partial charge on any atom is -0.493 e. The average molecular weight is 432 g/mol. The van der Waals surface area contributed by atoms with Crippen molar-refractivity contribution in [3.8, 4) is 11.5 Å². The van der Waals surface area contributed by atoms with E-state index in [0.717, 1.165) is 43.9 Å². The van der Waals surface area contributed by atoms with E-state index < -0.39 is 6.10 Å². The first kappa shape index (κ1) is 23.5. The Morgan fingerprint density at radius 3 is 2.39 bits per heavy atom. The molecule has 1 heterocycles. The first-order chi connectivity index (χ1) is 15.1. The summed E-state index contributed by atoms with van der Waals surface area (Å²) >= 11 is 0. The maximum absolute atomic E-state index is 13.3. The predicted octanol–water partition coefficient (Wildman–Crippen LogP) is 2.50. The third-order valence-corrected chi connectivity index (χ3v) is 5.59. The van der Waals surface area contributed by atoms with Gasteiger partial charge in [0.2, 0.25) is 0 Å². The summed E-state index contributed by atoms with van der Waals surface area (Å²) in [5, 5.41) is 13.7. The van der Waals surface area contributed by atoms with Gasteiger partial charge in [0.1, 0.15) is 18.5 Å². The summed E-state index contributed by atoms with van der Waals surface area (Å²) in [5.41, 5.74) is 1.94. The summed E-state index contributed by atoms with van der Waals surface area (Å²) in [6, 6.07) is 12.3. The van der Waals surface area contributed by atoms with Crippen LogP contribution < -0.4 is 14.8 Å². The molecule has 0 amide bonds. The van der Waals surface area contributed by atoms with E-state index in [9.17, 15) is 9.50 Å². The standard InChI is InChI=1S/C24H34FN3O3/c1-3-27-9-11-28(12-10-27)17-22(29)18-31-23-8-7-20(14-24(23)30-2)16-26-15-19-5-4-6-21(25)13-19/h4-8,13-14,22,26,29H,3,9-12,15-18H2,1-2H3/t22-/m0/s1. The van der Waals surface area contributed by atoms with Crippen LogP contribution >= 0.6 is 0 Å². The van der Waals surface area contributed by atoms with Gasteiger partial charge in [0, 0.05) is 45.8 Å². The van der Waals surface area contributed by atoms with E-state index in [-0.39, 0.29) is 12.4 Å². The highest BCUT2D eigenvalue weighted by atomic mass is 19.1. The van der Waals surface area contributed by atoms with Gasteiger partial charge in [-0.25, -0.2) is 4.39 Å². The van der Waals surface area contributed by atoms with Gasteiger partial charge in [-0.2, -0.15) is 0 Å². The van der Waals surface area contributed by atoms with Gasteiger partial charge in [-0.1, -0.05) is 25.1 Å². The fourth-order valence-corrected chi connectivity index (χ4v) is 3.76. The number of piperazine rings is 1. The van der Waals surface area contributed by atoms with Gasteiger partial charge < -0.3 is 24.8 Å². The van der Waals surface area contributed by atoms with Gasteiger partial charge in [-0.3, -0.25) is 4.90 Å². The Hall–Kier alpha value is -2.19. The van der Waals surface area contributed by atoms with Crippen molar-refractivity contribution in [2.24, 2.45) is 0 Å². The van der Waals surface area contributed by atoms with E-state index in [1.54, 1.807) is 13.2 Å². The van der Waals surface area contributed by atoms with Crippen LogP contribution in [0.25, 0.3) is 0 Å². The molecule has 2 N–H and O–H groups in total. The van der Waals surface area contributed by atoms with Crippen molar-refractivity contribution in [2.45, 2.75) is 26.1 Å². The zero-order chi connectivity index (χ0) is 22.1. The lowest BCUT2D eigenvalue weighted by Crippen LogP contribution is -2.49. The lowest BCUT2D eigenvalue weighted by atomic mass is 10.2. The minimum atomic E-state index is -0.550. The lowest BCUT2D eigenvalue weighted by molar-refractivity contribution is 0.0464. The van der Waals surface area contributed by atoms with Crippen molar-refractivity contribution in [3.63, 3.8) is 0 Å². The largest absolute Gasteiger partial charge is 0.493 e. The molecule has 170 valence electrons. The number of nitrogens with one attached hydrogen (secondary N) is 1. The molecule has 0 spiro atoms. The van der Waals surface area contributed by atoms with E-state index in [4.69, 9.17) is 9.47 Å². The second-order valence-electron chi connectivity index (χ2n) is 7.92. The van der Waals surface area contributed by atoms with Crippen molar-refractivity contribution < 1.29 is 19.0 Å². The van der Waals surface area contributed by atoms with Crippen LogP contribution in [0.1, 0.15) is 18.1 Å². The van der Waals surface area contributed by atoms with Crippen LogP contribution in [-0.2, 0) is 13.1 Å². The van der Waals surface area contributed by atoms with Crippen LogP contribution in [0.4, 0.5) is 4.39 Å². The molecule has 0 aromatic heterocycles. The fourth-order valence-electron chi connectivity index (χ4n) is 3.76. The molecular weight excluding hydrogens is 397 g/mol. The molecule has 2 aromatic carbocycles. The quantitative estimate of drug-likeness (QED) is 0.570. The van der Waals surface area contributed by atoms with Gasteiger partial charge in [-0.15, -0.1) is 0 Å². The van der Waals surface area contributed by atoms with E-state index in [1.165, 1.54) is 12.1 Å². The zero-order valence-corrected chi connectivity index (χ0v) is 18.5. The molecule has 3 rings (SSSR count). The lowest BCUT2D eigenvalue weighted by Gasteiger charge is -2.34. The highest BCUT2D eigenvalue weighted by Crippen LogP contribution is 2.28. The first-order valence-corrected chi connectivity index (χ1v) is 10.9. The Morgan fingerprint density at radius 1 is 1.00 bits per heavy atom. The maximum Gasteiger partial charge on any atom is 0.161 e. The number of methoxy groups -OCH3 is 1. The molecule has 7 heteroatoms. The summed E-state index contributed by atoms with van der Waals surface area (Å²) in [4.78, 5) is 4.70. The average Bonchev–Trinajstić information content (AvgIpc) is 2.78. The Kier molecular flexibility index (Phi) is 9.09. The van der Waals surface area contributed by atoms with Crippen LogP contribution in [-0.4, -0.2) is 74.0 Å². The number of β-amino-alcohol motifs (C(OH)–C–C–N with tert-alkyl or cyclic N) is 1. The third kappa shape index (κ3) is 7.47. The number of rotatable bonds is 11. The number of hydrogen-bond donors (Lipinski definition) is 2. The summed E-state index contributed by atoms with van der Waals surface area (Å²) < 4.78 is 24.6.